The van der Waals surface area contributed by atoms with Crippen molar-refractivity contribution in [3.8, 4) is 5.88 Å². The molecule has 0 saturated heterocycles. The number of nitrogens with zero attached hydrogens (tertiary/aromatic N) is 1. The summed E-state index contributed by atoms with van der Waals surface area (Å²) < 4.78 is 5.76. The van der Waals surface area contributed by atoms with Gasteiger partial charge in [-0.25, -0.2) is 4.98 Å². The molecule has 0 amide bonds. The van der Waals surface area contributed by atoms with Crippen LogP contribution in [0.25, 0.3) is 0 Å². The number of nitrogens with two attached hydrogens (primary N) is 1. The van der Waals surface area contributed by atoms with Crippen molar-refractivity contribution >= 4 is 0 Å². The van der Waals surface area contributed by atoms with Gasteiger partial charge in [0.25, 0.3) is 0 Å². The second-order valence-electron chi connectivity index (χ2n) is 5.34. The van der Waals surface area contributed by atoms with Gasteiger partial charge in [0.15, 0.2) is 0 Å². The predicted octanol–water partition coefficient (Wildman–Crippen LogP) is 2.42. The number of hydrogen-bond donors (Lipinski definition) is 2. The summed E-state index contributed by atoms with van der Waals surface area (Å²) in [6.45, 7) is 1.21. The maximum Gasteiger partial charge on any atom is 0.213 e. The fourth-order valence-electron chi connectivity index (χ4n) is 2.59. The van der Waals surface area contributed by atoms with Crippen molar-refractivity contribution in [2.24, 2.45) is 11.7 Å². The molecule has 1 aliphatic carbocycles. The zero-order valence-electron chi connectivity index (χ0n) is 11.4. The van der Waals surface area contributed by atoms with Crippen LogP contribution in [0.2, 0.25) is 0 Å². The van der Waals surface area contributed by atoms with E-state index >= 15 is 0 Å². The summed E-state index contributed by atoms with van der Waals surface area (Å²) in [5, 5.41) is 9.90. The first-order valence-electron chi connectivity index (χ1n) is 7.26. The van der Waals surface area contributed by atoms with Crippen LogP contribution in [0.5, 0.6) is 5.88 Å². The fourth-order valence-corrected chi connectivity index (χ4v) is 2.59. The number of aliphatic hydroxyl groups is 1. The van der Waals surface area contributed by atoms with E-state index in [2.05, 4.69) is 4.98 Å². The summed E-state index contributed by atoms with van der Waals surface area (Å²) in [5.74, 6) is 1.27. The molecule has 1 aliphatic rings. The SMILES string of the molecule is NCCC(O)c1ccnc(OCC2CCCCC2)c1. The van der Waals surface area contributed by atoms with E-state index in [9.17, 15) is 5.11 Å². The Morgan fingerprint density at radius 3 is 2.89 bits per heavy atom. The summed E-state index contributed by atoms with van der Waals surface area (Å²) in [4.78, 5) is 4.20. The first-order valence-corrected chi connectivity index (χ1v) is 7.26. The van der Waals surface area contributed by atoms with Gasteiger partial charge < -0.3 is 15.6 Å². The largest absolute Gasteiger partial charge is 0.477 e. The van der Waals surface area contributed by atoms with Gasteiger partial charge in [0.2, 0.25) is 5.88 Å². The number of ether oxygens (including phenoxy) is 1. The highest BCUT2D eigenvalue weighted by Crippen LogP contribution is 2.25. The second-order valence-corrected chi connectivity index (χ2v) is 5.34. The summed E-state index contributed by atoms with van der Waals surface area (Å²) in [6.07, 6.45) is 8.23. The Bertz CT molecular complexity index is 378. The van der Waals surface area contributed by atoms with Crippen LogP contribution in [0.1, 0.15) is 50.2 Å². The Morgan fingerprint density at radius 1 is 1.37 bits per heavy atom. The molecular formula is C15H24N2O2. The molecule has 0 spiro atoms. The van der Waals surface area contributed by atoms with Gasteiger partial charge >= 0.3 is 0 Å². The second kappa shape index (κ2) is 7.46. The molecule has 1 heterocycles. The van der Waals surface area contributed by atoms with Gasteiger partial charge in [-0.3, -0.25) is 0 Å². The highest BCUT2D eigenvalue weighted by Gasteiger charge is 2.14. The molecule has 0 aromatic carbocycles. The molecule has 4 heteroatoms. The number of hydrogen-bond acceptors (Lipinski definition) is 4. The lowest BCUT2D eigenvalue weighted by Gasteiger charge is -2.21. The van der Waals surface area contributed by atoms with E-state index in [0.29, 0.717) is 24.8 Å². The molecule has 0 bridgehead atoms. The van der Waals surface area contributed by atoms with Crippen LogP contribution in [0.3, 0.4) is 0 Å². The first-order chi connectivity index (χ1) is 9.29. The van der Waals surface area contributed by atoms with Crippen LogP contribution in [0, 0.1) is 5.92 Å². The Hall–Kier alpha value is -1.13. The third kappa shape index (κ3) is 4.48. The van der Waals surface area contributed by atoms with Gasteiger partial charge in [-0.15, -0.1) is 0 Å². The minimum absolute atomic E-state index is 0.474. The van der Waals surface area contributed by atoms with Crippen LogP contribution in [0.4, 0.5) is 0 Å². The van der Waals surface area contributed by atoms with Crippen molar-refractivity contribution in [2.45, 2.75) is 44.6 Å². The molecule has 0 aliphatic heterocycles. The van der Waals surface area contributed by atoms with Crippen molar-refractivity contribution in [1.29, 1.82) is 0 Å². The van der Waals surface area contributed by atoms with Gasteiger partial charge in [0.05, 0.1) is 12.7 Å². The number of rotatable bonds is 6. The molecule has 1 atom stereocenters. The molecule has 4 nitrogen and oxygen atoms in total. The Morgan fingerprint density at radius 2 is 2.16 bits per heavy atom. The predicted molar refractivity (Wildman–Crippen MR) is 74.9 cm³/mol. The number of pyridine rings is 1. The zero-order chi connectivity index (χ0) is 13.5. The van der Waals surface area contributed by atoms with Crippen LogP contribution in [-0.2, 0) is 0 Å². The highest BCUT2D eigenvalue weighted by atomic mass is 16.5. The van der Waals surface area contributed by atoms with Crippen LogP contribution >= 0.6 is 0 Å². The summed E-state index contributed by atoms with van der Waals surface area (Å²) >= 11 is 0. The minimum atomic E-state index is -0.523. The molecule has 1 fully saturated rings. The molecule has 2 rings (SSSR count). The molecule has 1 aromatic heterocycles. The van der Waals surface area contributed by atoms with Crippen molar-refractivity contribution < 1.29 is 9.84 Å². The highest BCUT2D eigenvalue weighted by molar-refractivity contribution is 5.22. The lowest BCUT2D eigenvalue weighted by atomic mass is 9.90. The number of aromatic nitrogens is 1. The average Bonchev–Trinajstić information content (AvgIpc) is 2.47. The molecule has 1 aromatic rings. The van der Waals surface area contributed by atoms with E-state index in [4.69, 9.17) is 10.5 Å². The summed E-state index contributed by atoms with van der Waals surface area (Å²) in [6, 6.07) is 3.64. The lowest BCUT2D eigenvalue weighted by Crippen LogP contribution is -2.15. The third-order valence-corrected chi connectivity index (χ3v) is 3.78. The maximum absolute atomic E-state index is 9.90. The van der Waals surface area contributed by atoms with Crippen molar-refractivity contribution in [3.63, 3.8) is 0 Å². The zero-order valence-corrected chi connectivity index (χ0v) is 11.4. The van der Waals surface area contributed by atoms with Gasteiger partial charge in [0.1, 0.15) is 0 Å². The van der Waals surface area contributed by atoms with E-state index in [1.807, 2.05) is 12.1 Å². The Kier molecular flexibility index (Phi) is 5.61. The molecular weight excluding hydrogens is 240 g/mol. The molecule has 1 unspecified atom stereocenters. The van der Waals surface area contributed by atoms with Crippen molar-refractivity contribution in [2.75, 3.05) is 13.2 Å². The Balaban J connectivity index is 1.87. The normalized spacial score (nSPS) is 18.2. The van der Waals surface area contributed by atoms with Crippen molar-refractivity contribution in [1.82, 2.24) is 4.98 Å². The van der Waals surface area contributed by atoms with E-state index in [1.54, 1.807) is 6.20 Å². The molecule has 1 saturated carbocycles. The van der Waals surface area contributed by atoms with Crippen LogP contribution in [0.15, 0.2) is 18.3 Å². The third-order valence-electron chi connectivity index (χ3n) is 3.78. The monoisotopic (exact) mass is 264 g/mol. The standard InChI is InChI=1S/C15H24N2O2/c16-8-6-14(18)13-7-9-17-15(10-13)19-11-12-4-2-1-3-5-12/h7,9-10,12,14,18H,1-6,8,11,16H2. The summed E-state index contributed by atoms with van der Waals surface area (Å²) in [7, 11) is 0. The van der Waals surface area contributed by atoms with Gasteiger partial charge in [-0.05, 0) is 43.4 Å². The average molecular weight is 264 g/mol. The van der Waals surface area contributed by atoms with Gasteiger partial charge in [-0.2, -0.15) is 0 Å². The fraction of sp³-hybridized carbons (Fsp3) is 0.667. The molecule has 0 radical (unpaired) electrons. The lowest BCUT2D eigenvalue weighted by molar-refractivity contribution is 0.168. The van der Waals surface area contributed by atoms with E-state index in [1.165, 1.54) is 32.1 Å². The van der Waals surface area contributed by atoms with Crippen LogP contribution < -0.4 is 10.5 Å². The van der Waals surface area contributed by atoms with Crippen LogP contribution in [-0.4, -0.2) is 23.2 Å². The van der Waals surface area contributed by atoms with E-state index < -0.39 is 6.10 Å². The molecule has 19 heavy (non-hydrogen) atoms. The number of aliphatic hydroxyl groups excluding tert-OH is 1. The molecule has 106 valence electrons. The smallest absolute Gasteiger partial charge is 0.213 e. The molecule has 3 N–H and O–H groups in total. The maximum atomic E-state index is 9.90. The van der Waals surface area contributed by atoms with Gasteiger partial charge in [0, 0.05) is 12.3 Å². The van der Waals surface area contributed by atoms with Crippen molar-refractivity contribution in [3.05, 3.63) is 23.9 Å². The van der Waals surface area contributed by atoms with E-state index in [-0.39, 0.29) is 0 Å². The van der Waals surface area contributed by atoms with E-state index in [0.717, 1.165) is 12.2 Å². The first kappa shape index (κ1) is 14.3. The summed E-state index contributed by atoms with van der Waals surface area (Å²) in [5.41, 5.74) is 6.29. The quantitative estimate of drug-likeness (QED) is 0.828. The minimum Gasteiger partial charge on any atom is -0.477 e. The van der Waals surface area contributed by atoms with Gasteiger partial charge in [-0.1, -0.05) is 19.3 Å². The topological polar surface area (TPSA) is 68.4 Å². The Labute approximate surface area is 115 Å².